The van der Waals surface area contributed by atoms with Crippen LogP contribution in [0.1, 0.15) is 52.9 Å². The Morgan fingerprint density at radius 3 is 2.27 bits per heavy atom. The standard InChI is InChI=1S/C15H26N2O5/c1-15(2,3)22-14(21)17-12(10-7-5-4-6-8-10)13(20)16-9-11(18)19/h10,12H,4-9H2,1-3H3,(H,16,20)(H,17,21)(H,18,19). The second-order valence-electron chi connectivity index (χ2n) is 6.63. The predicted molar refractivity (Wildman–Crippen MR) is 80.4 cm³/mol. The van der Waals surface area contributed by atoms with Crippen LogP contribution in [0.4, 0.5) is 4.79 Å². The third kappa shape index (κ3) is 6.78. The zero-order valence-corrected chi connectivity index (χ0v) is 13.5. The fourth-order valence-electron chi connectivity index (χ4n) is 2.57. The fourth-order valence-corrected chi connectivity index (χ4v) is 2.57. The summed E-state index contributed by atoms with van der Waals surface area (Å²) in [6.45, 7) is 4.77. The monoisotopic (exact) mass is 314 g/mol. The van der Waals surface area contributed by atoms with E-state index in [9.17, 15) is 14.4 Å². The van der Waals surface area contributed by atoms with E-state index in [1.165, 1.54) is 0 Å². The van der Waals surface area contributed by atoms with Crippen LogP contribution in [0.15, 0.2) is 0 Å². The molecule has 0 bridgehead atoms. The van der Waals surface area contributed by atoms with Crippen molar-refractivity contribution in [1.82, 2.24) is 10.6 Å². The van der Waals surface area contributed by atoms with Gasteiger partial charge in [0.15, 0.2) is 0 Å². The predicted octanol–water partition coefficient (Wildman–Crippen LogP) is 1.66. The molecule has 1 rings (SSSR count). The van der Waals surface area contributed by atoms with Crippen LogP contribution in [0.3, 0.4) is 0 Å². The molecule has 0 saturated heterocycles. The van der Waals surface area contributed by atoms with Crippen molar-refractivity contribution >= 4 is 18.0 Å². The molecule has 3 N–H and O–H groups in total. The zero-order valence-electron chi connectivity index (χ0n) is 13.5. The van der Waals surface area contributed by atoms with Crippen LogP contribution < -0.4 is 10.6 Å². The highest BCUT2D eigenvalue weighted by molar-refractivity contribution is 5.88. The van der Waals surface area contributed by atoms with E-state index < -0.39 is 36.2 Å². The van der Waals surface area contributed by atoms with Crippen LogP contribution in [-0.2, 0) is 14.3 Å². The molecule has 0 aromatic rings. The van der Waals surface area contributed by atoms with Gasteiger partial charge in [-0.3, -0.25) is 9.59 Å². The molecule has 0 radical (unpaired) electrons. The molecule has 126 valence electrons. The molecule has 7 nitrogen and oxygen atoms in total. The normalized spacial score (nSPS) is 17.4. The molecule has 0 aliphatic heterocycles. The maximum Gasteiger partial charge on any atom is 0.408 e. The lowest BCUT2D eigenvalue weighted by Gasteiger charge is -2.30. The Hall–Kier alpha value is -1.79. The molecule has 7 heteroatoms. The summed E-state index contributed by atoms with van der Waals surface area (Å²) in [7, 11) is 0. The first-order valence-electron chi connectivity index (χ1n) is 7.68. The Morgan fingerprint density at radius 2 is 1.77 bits per heavy atom. The third-order valence-corrected chi connectivity index (χ3v) is 3.49. The molecular weight excluding hydrogens is 288 g/mol. The van der Waals surface area contributed by atoms with Crippen molar-refractivity contribution in [3.8, 4) is 0 Å². The minimum absolute atomic E-state index is 0.00932. The Balaban J connectivity index is 2.70. The van der Waals surface area contributed by atoms with Gasteiger partial charge in [0.05, 0.1) is 0 Å². The molecule has 0 spiro atoms. The van der Waals surface area contributed by atoms with Gasteiger partial charge < -0.3 is 20.5 Å². The van der Waals surface area contributed by atoms with Gasteiger partial charge in [0, 0.05) is 0 Å². The lowest BCUT2D eigenvalue weighted by molar-refractivity contribution is -0.138. The van der Waals surface area contributed by atoms with Crippen LogP contribution in [0, 0.1) is 5.92 Å². The molecule has 0 aromatic heterocycles. The average Bonchev–Trinajstić information content (AvgIpc) is 2.41. The Kier molecular flexibility index (Phi) is 6.64. The number of carbonyl (C=O) groups is 3. The Morgan fingerprint density at radius 1 is 1.18 bits per heavy atom. The molecule has 0 heterocycles. The van der Waals surface area contributed by atoms with Gasteiger partial charge in [-0.05, 0) is 39.5 Å². The number of rotatable bonds is 5. The van der Waals surface area contributed by atoms with E-state index in [1.54, 1.807) is 20.8 Å². The molecule has 0 aromatic carbocycles. The number of alkyl carbamates (subject to hydrolysis) is 1. The third-order valence-electron chi connectivity index (χ3n) is 3.49. The number of hydrogen-bond acceptors (Lipinski definition) is 4. The van der Waals surface area contributed by atoms with Gasteiger partial charge >= 0.3 is 12.1 Å². The number of carbonyl (C=O) groups excluding carboxylic acids is 2. The van der Waals surface area contributed by atoms with Gasteiger partial charge in [0.2, 0.25) is 5.91 Å². The SMILES string of the molecule is CC(C)(C)OC(=O)NC(C(=O)NCC(=O)O)C1CCCCC1. The van der Waals surface area contributed by atoms with E-state index in [2.05, 4.69) is 10.6 Å². The highest BCUT2D eigenvalue weighted by Crippen LogP contribution is 2.27. The van der Waals surface area contributed by atoms with E-state index in [1.807, 2.05) is 0 Å². The molecule has 1 saturated carbocycles. The van der Waals surface area contributed by atoms with E-state index >= 15 is 0 Å². The molecular formula is C15H26N2O5. The zero-order chi connectivity index (χ0) is 16.8. The highest BCUT2D eigenvalue weighted by atomic mass is 16.6. The van der Waals surface area contributed by atoms with E-state index in [0.29, 0.717) is 0 Å². The number of carboxylic acid groups (broad SMARTS) is 1. The van der Waals surface area contributed by atoms with Gasteiger partial charge in [-0.2, -0.15) is 0 Å². The summed E-state index contributed by atoms with van der Waals surface area (Å²) in [5.74, 6) is -1.58. The van der Waals surface area contributed by atoms with E-state index in [0.717, 1.165) is 32.1 Å². The van der Waals surface area contributed by atoms with Crippen LogP contribution >= 0.6 is 0 Å². The second-order valence-corrected chi connectivity index (χ2v) is 6.63. The summed E-state index contributed by atoms with van der Waals surface area (Å²) in [5, 5.41) is 13.6. The van der Waals surface area contributed by atoms with Crippen molar-refractivity contribution in [3.63, 3.8) is 0 Å². The smallest absolute Gasteiger partial charge is 0.408 e. The maximum atomic E-state index is 12.2. The molecule has 1 aliphatic rings. The lowest BCUT2D eigenvalue weighted by Crippen LogP contribution is -2.53. The summed E-state index contributed by atoms with van der Waals surface area (Å²) in [5.41, 5.74) is -0.654. The number of amides is 2. The van der Waals surface area contributed by atoms with Gasteiger partial charge in [-0.15, -0.1) is 0 Å². The Labute approximate surface area is 130 Å². The van der Waals surface area contributed by atoms with Crippen molar-refractivity contribution in [3.05, 3.63) is 0 Å². The first kappa shape index (κ1) is 18.3. The summed E-state index contributed by atoms with van der Waals surface area (Å²) in [6, 6.07) is -0.755. The van der Waals surface area contributed by atoms with Crippen LogP contribution in [-0.4, -0.2) is 41.3 Å². The number of aliphatic carboxylic acids is 1. The highest BCUT2D eigenvalue weighted by Gasteiger charge is 2.32. The second kappa shape index (κ2) is 8.00. The van der Waals surface area contributed by atoms with Gasteiger partial charge in [0.25, 0.3) is 0 Å². The van der Waals surface area contributed by atoms with Gasteiger partial charge in [-0.25, -0.2) is 4.79 Å². The van der Waals surface area contributed by atoms with Gasteiger partial charge in [0.1, 0.15) is 18.2 Å². The molecule has 2 amide bonds. The molecule has 22 heavy (non-hydrogen) atoms. The fraction of sp³-hybridized carbons (Fsp3) is 0.800. The Bertz CT molecular complexity index is 411. The van der Waals surface area contributed by atoms with Crippen molar-refractivity contribution in [1.29, 1.82) is 0 Å². The maximum absolute atomic E-state index is 12.2. The van der Waals surface area contributed by atoms with Crippen molar-refractivity contribution < 1.29 is 24.2 Å². The summed E-state index contributed by atoms with van der Waals surface area (Å²) >= 11 is 0. The number of carboxylic acids is 1. The van der Waals surface area contributed by atoms with Crippen LogP contribution in [0.5, 0.6) is 0 Å². The topological polar surface area (TPSA) is 105 Å². The minimum Gasteiger partial charge on any atom is -0.480 e. The van der Waals surface area contributed by atoms with Crippen molar-refractivity contribution in [2.75, 3.05) is 6.54 Å². The molecule has 1 unspecified atom stereocenters. The van der Waals surface area contributed by atoms with Crippen LogP contribution in [0.2, 0.25) is 0 Å². The lowest BCUT2D eigenvalue weighted by atomic mass is 9.83. The minimum atomic E-state index is -1.12. The molecule has 1 fully saturated rings. The summed E-state index contributed by atoms with van der Waals surface area (Å²) in [6.07, 6.45) is 4.13. The molecule has 1 atom stereocenters. The first-order chi connectivity index (χ1) is 10.2. The van der Waals surface area contributed by atoms with E-state index in [-0.39, 0.29) is 5.92 Å². The number of nitrogens with one attached hydrogen (secondary N) is 2. The van der Waals surface area contributed by atoms with E-state index in [4.69, 9.17) is 9.84 Å². The van der Waals surface area contributed by atoms with Crippen molar-refractivity contribution in [2.45, 2.75) is 64.5 Å². The van der Waals surface area contributed by atoms with Gasteiger partial charge in [-0.1, -0.05) is 19.3 Å². The first-order valence-corrected chi connectivity index (χ1v) is 7.68. The van der Waals surface area contributed by atoms with Crippen molar-refractivity contribution in [2.24, 2.45) is 5.92 Å². The number of ether oxygens (including phenoxy) is 1. The van der Waals surface area contributed by atoms with Crippen LogP contribution in [0.25, 0.3) is 0 Å². The number of hydrogen-bond donors (Lipinski definition) is 3. The molecule has 1 aliphatic carbocycles. The quantitative estimate of drug-likeness (QED) is 0.716. The summed E-state index contributed by atoms with van der Waals surface area (Å²) in [4.78, 5) is 34.7. The average molecular weight is 314 g/mol. The summed E-state index contributed by atoms with van der Waals surface area (Å²) < 4.78 is 5.19. The largest absolute Gasteiger partial charge is 0.480 e.